The minimum atomic E-state index is -0.907. The summed E-state index contributed by atoms with van der Waals surface area (Å²) in [7, 11) is 0. The van der Waals surface area contributed by atoms with Crippen LogP contribution in [0.4, 0.5) is 11.4 Å². The van der Waals surface area contributed by atoms with E-state index in [-0.39, 0.29) is 31.9 Å². The second-order valence-corrected chi connectivity index (χ2v) is 5.08. The lowest BCUT2D eigenvalue weighted by atomic mass is 10.2. The van der Waals surface area contributed by atoms with Gasteiger partial charge in [-0.3, -0.25) is 14.4 Å². The number of rotatable bonds is 8. The predicted octanol–water partition coefficient (Wildman–Crippen LogP) is 1.16. The summed E-state index contributed by atoms with van der Waals surface area (Å²) < 4.78 is 5.36. The highest BCUT2D eigenvalue weighted by Crippen LogP contribution is 2.34. The number of fused-ring (bicyclic) bond motifs is 1. The van der Waals surface area contributed by atoms with Gasteiger partial charge in [0.1, 0.15) is 5.75 Å². The van der Waals surface area contributed by atoms with Crippen molar-refractivity contribution in [2.45, 2.75) is 19.3 Å². The molecule has 1 amide bonds. The van der Waals surface area contributed by atoms with Crippen LogP contribution in [0.15, 0.2) is 18.2 Å². The van der Waals surface area contributed by atoms with E-state index < -0.39 is 11.9 Å². The molecule has 0 bridgehead atoms. The van der Waals surface area contributed by atoms with Gasteiger partial charge in [0.15, 0.2) is 6.61 Å². The Morgan fingerprint density at radius 3 is 2.65 bits per heavy atom. The monoisotopic (exact) mass is 322 g/mol. The molecule has 2 rings (SSSR count). The molecule has 0 aromatic heterocycles. The van der Waals surface area contributed by atoms with Crippen molar-refractivity contribution in [3.8, 4) is 5.75 Å². The lowest BCUT2D eigenvalue weighted by molar-refractivity contribution is -0.137. The van der Waals surface area contributed by atoms with Crippen molar-refractivity contribution in [3.05, 3.63) is 18.2 Å². The molecule has 1 aliphatic rings. The zero-order valence-electron chi connectivity index (χ0n) is 12.4. The zero-order chi connectivity index (χ0) is 16.8. The molecule has 8 nitrogen and oxygen atoms in total. The number of hydrogen-bond donors (Lipinski definition) is 3. The smallest absolute Gasteiger partial charge is 0.305 e. The fourth-order valence-corrected chi connectivity index (χ4v) is 2.26. The number of nitrogens with one attached hydrogen (secondary N) is 1. The third-order valence-electron chi connectivity index (χ3n) is 3.34. The van der Waals surface area contributed by atoms with Crippen molar-refractivity contribution in [2.75, 3.05) is 29.9 Å². The first-order chi connectivity index (χ1) is 11.0. The molecule has 23 heavy (non-hydrogen) atoms. The molecular weight excluding hydrogens is 304 g/mol. The van der Waals surface area contributed by atoms with Crippen LogP contribution < -0.4 is 15.0 Å². The van der Waals surface area contributed by atoms with Crippen LogP contribution in [0, 0.1) is 0 Å². The first kappa shape index (κ1) is 16.6. The van der Waals surface area contributed by atoms with Gasteiger partial charge in [0, 0.05) is 25.2 Å². The number of aliphatic carboxylic acids is 2. The van der Waals surface area contributed by atoms with Crippen molar-refractivity contribution >= 4 is 29.2 Å². The molecule has 0 atom stereocenters. The van der Waals surface area contributed by atoms with Crippen LogP contribution in [0.5, 0.6) is 5.75 Å². The summed E-state index contributed by atoms with van der Waals surface area (Å²) in [5, 5.41) is 20.3. The molecule has 0 radical (unpaired) electrons. The second kappa shape index (κ2) is 7.48. The van der Waals surface area contributed by atoms with Gasteiger partial charge in [-0.1, -0.05) is 0 Å². The van der Waals surface area contributed by atoms with E-state index in [9.17, 15) is 14.4 Å². The quantitative estimate of drug-likeness (QED) is 0.657. The molecule has 3 N–H and O–H groups in total. The summed E-state index contributed by atoms with van der Waals surface area (Å²) in [4.78, 5) is 34.6. The van der Waals surface area contributed by atoms with Crippen molar-refractivity contribution in [2.24, 2.45) is 0 Å². The molecule has 1 aliphatic heterocycles. The number of anilines is 2. The number of carbonyl (C=O) groups excluding carboxylic acids is 1. The summed E-state index contributed by atoms with van der Waals surface area (Å²) in [6.45, 7) is 0.480. The third kappa shape index (κ3) is 4.60. The van der Waals surface area contributed by atoms with E-state index in [4.69, 9.17) is 14.9 Å². The Bertz CT molecular complexity index is 616. The molecule has 0 spiro atoms. The van der Waals surface area contributed by atoms with Gasteiger partial charge in [-0.05, 0) is 24.6 Å². The Hall–Kier alpha value is -2.77. The van der Waals surface area contributed by atoms with E-state index in [0.29, 0.717) is 30.1 Å². The zero-order valence-corrected chi connectivity index (χ0v) is 12.4. The van der Waals surface area contributed by atoms with E-state index in [1.54, 1.807) is 18.2 Å². The molecule has 124 valence electrons. The van der Waals surface area contributed by atoms with E-state index in [1.165, 1.54) is 4.90 Å². The highest BCUT2D eigenvalue weighted by Gasteiger charge is 2.25. The van der Waals surface area contributed by atoms with Gasteiger partial charge in [-0.25, -0.2) is 0 Å². The molecule has 0 fully saturated rings. The third-order valence-corrected chi connectivity index (χ3v) is 3.34. The molecule has 0 aliphatic carbocycles. The minimum Gasteiger partial charge on any atom is -0.482 e. The van der Waals surface area contributed by atoms with Gasteiger partial charge in [-0.2, -0.15) is 0 Å². The molecule has 8 heteroatoms. The van der Waals surface area contributed by atoms with Gasteiger partial charge < -0.3 is 25.2 Å². The van der Waals surface area contributed by atoms with E-state index in [1.807, 2.05) is 0 Å². The largest absolute Gasteiger partial charge is 0.482 e. The van der Waals surface area contributed by atoms with Crippen molar-refractivity contribution in [3.63, 3.8) is 0 Å². The number of carboxylic acids is 2. The number of ether oxygens (including phenoxy) is 1. The maximum Gasteiger partial charge on any atom is 0.305 e. The molecule has 0 saturated carbocycles. The van der Waals surface area contributed by atoms with Gasteiger partial charge >= 0.3 is 11.9 Å². The summed E-state index contributed by atoms with van der Waals surface area (Å²) in [6.07, 6.45) is 0.308. The highest BCUT2D eigenvalue weighted by molar-refractivity contribution is 5.98. The summed E-state index contributed by atoms with van der Waals surface area (Å²) in [6, 6.07) is 5.15. The fourth-order valence-electron chi connectivity index (χ4n) is 2.26. The Labute approximate surface area is 132 Å². The number of hydrogen-bond acceptors (Lipinski definition) is 5. The van der Waals surface area contributed by atoms with E-state index in [0.717, 1.165) is 0 Å². The van der Waals surface area contributed by atoms with E-state index >= 15 is 0 Å². The number of carboxylic acid groups (broad SMARTS) is 2. The van der Waals surface area contributed by atoms with Gasteiger partial charge in [0.05, 0.1) is 12.1 Å². The van der Waals surface area contributed by atoms with Crippen molar-refractivity contribution in [1.82, 2.24) is 0 Å². The van der Waals surface area contributed by atoms with Crippen LogP contribution in [-0.4, -0.2) is 47.8 Å². The van der Waals surface area contributed by atoms with Gasteiger partial charge in [-0.15, -0.1) is 0 Å². The molecule has 0 saturated heterocycles. The number of carbonyl (C=O) groups is 3. The van der Waals surface area contributed by atoms with Gasteiger partial charge in [0.2, 0.25) is 0 Å². The Kier molecular flexibility index (Phi) is 5.40. The number of amides is 1. The molecule has 0 unspecified atom stereocenters. The van der Waals surface area contributed by atoms with Crippen molar-refractivity contribution in [1.29, 1.82) is 0 Å². The standard InChI is InChI=1S/C15H18N2O6/c18-13-9-23-12-4-3-10(16-6-5-15(21)22)8-11(12)17(13)7-1-2-14(19)20/h3-4,8,16H,1-2,5-7,9H2,(H,19,20)(H,21,22). The summed E-state index contributed by atoms with van der Waals surface area (Å²) in [5.74, 6) is -1.49. The van der Waals surface area contributed by atoms with Crippen LogP contribution in [0.3, 0.4) is 0 Å². The average Bonchev–Trinajstić information content (AvgIpc) is 2.49. The molecule has 1 aromatic carbocycles. The van der Waals surface area contributed by atoms with Crippen LogP contribution in [0.2, 0.25) is 0 Å². The SMILES string of the molecule is O=C(O)CCCN1C(=O)COc2ccc(NCCC(=O)O)cc21. The molecule has 1 heterocycles. The maximum absolute atomic E-state index is 12.0. The van der Waals surface area contributed by atoms with Crippen LogP contribution in [0.25, 0.3) is 0 Å². The fraction of sp³-hybridized carbons (Fsp3) is 0.400. The Morgan fingerprint density at radius 1 is 1.22 bits per heavy atom. The predicted molar refractivity (Wildman–Crippen MR) is 81.9 cm³/mol. The van der Waals surface area contributed by atoms with Crippen LogP contribution >= 0.6 is 0 Å². The highest BCUT2D eigenvalue weighted by atomic mass is 16.5. The number of nitrogens with zero attached hydrogens (tertiary/aromatic N) is 1. The lowest BCUT2D eigenvalue weighted by Crippen LogP contribution is -2.39. The Balaban J connectivity index is 2.09. The first-order valence-corrected chi connectivity index (χ1v) is 7.22. The van der Waals surface area contributed by atoms with E-state index in [2.05, 4.69) is 5.32 Å². The topological polar surface area (TPSA) is 116 Å². The normalized spacial score (nSPS) is 13.2. The molecular formula is C15H18N2O6. The van der Waals surface area contributed by atoms with Crippen molar-refractivity contribution < 1.29 is 29.3 Å². The van der Waals surface area contributed by atoms with Crippen LogP contribution in [-0.2, 0) is 14.4 Å². The maximum atomic E-state index is 12.0. The van der Waals surface area contributed by atoms with Gasteiger partial charge in [0.25, 0.3) is 5.91 Å². The van der Waals surface area contributed by atoms with Crippen LogP contribution in [0.1, 0.15) is 19.3 Å². The second-order valence-electron chi connectivity index (χ2n) is 5.08. The average molecular weight is 322 g/mol. The Morgan fingerprint density at radius 2 is 1.96 bits per heavy atom. The summed E-state index contributed by atoms with van der Waals surface area (Å²) >= 11 is 0. The minimum absolute atomic E-state index is 0.0173. The molecule has 1 aromatic rings. The first-order valence-electron chi connectivity index (χ1n) is 7.22. The number of benzene rings is 1. The lowest BCUT2D eigenvalue weighted by Gasteiger charge is -2.29. The summed E-state index contributed by atoms with van der Waals surface area (Å²) in [5.41, 5.74) is 1.23.